The van der Waals surface area contributed by atoms with Crippen molar-refractivity contribution >= 4 is 34.6 Å². The number of anilines is 1. The van der Waals surface area contributed by atoms with Crippen LogP contribution in [0.4, 0.5) is 5.69 Å². The van der Waals surface area contributed by atoms with Crippen LogP contribution in [0.25, 0.3) is 11.6 Å². The molecule has 1 amide bonds. The number of hydrogen-bond acceptors (Lipinski definition) is 2. The third kappa shape index (κ3) is 1.46. The number of hydrogen-bond donors (Lipinski definition) is 1. The van der Waals surface area contributed by atoms with E-state index < -0.39 is 0 Å². The standard InChI is InChI=1S/C13H9NOS/c15-13-11(7-9-5-6-16-8-9)10-3-1-2-4-12(10)14-13/h1-8H,(H,14,15). The topological polar surface area (TPSA) is 29.1 Å². The van der Waals surface area contributed by atoms with Gasteiger partial charge in [-0.1, -0.05) is 18.2 Å². The van der Waals surface area contributed by atoms with Gasteiger partial charge in [0.15, 0.2) is 0 Å². The molecule has 2 nitrogen and oxygen atoms in total. The summed E-state index contributed by atoms with van der Waals surface area (Å²) in [5.74, 6) is -0.0209. The first-order valence-corrected chi connectivity index (χ1v) is 5.93. The van der Waals surface area contributed by atoms with Gasteiger partial charge in [0, 0.05) is 16.8 Å². The fourth-order valence-electron chi connectivity index (χ4n) is 1.81. The van der Waals surface area contributed by atoms with Gasteiger partial charge in [0.25, 0.3) is 5.91 Å². The van der Waals surface area contributed by atoms with E-state index in [2.05, 4.69) is 5.32 Å². The van der Waals surface area contributed by atoms with E-state index in [0.29, 0.717) is 0 Å². The molecule has 2 aromatic rings. The summed E-state index contributed by atoms with van der Waals surface area (Å²) in [5.41, 5.74) is 3.70. The molecular weight excluding hydrogens is 218 g/mol. The molecule has 0 fully saturated rings. The molecule has 0 bridgehead atoms. The summed E-state index contributed by atoms with van der Waals surface area (Å²) in [4.78, 5) is 11.8. The fraction of sp³-hybridized carbons (Fsp3) is 0. The second kappa shape index (κ2) is 3.61. The minimum atomic E-state index is -0.0209. The van der Waals surface area contributed by atoms with Crippen LogP contribution in [-0.2, 0) is 4.79 Å². The van der Waals surface area contributed by atoms with Gasteiger partial charge in [0.2, 0.25) is 0 Å². The summed E-state index contributed by atoms with van der Waals surface area (Å²) in [7, 11) is 0. The summed E-state index contributed by atoms with van der Waals surface area (Å²) >= 11 is 1.63. The molecule has 0 unspecified atom stereocenters. The van der Waals surface area contributed by atoms with E-state index in [0.717, 1.165) is 22.4 Å². The molecule has 3 rings (SSSR count). The highest BCUT2D eigenvalue weighted by atomic mass is 32.1. The summed E-state index contributed by atoms with van der Waals surface area (Å²) in [6, 6.07) is 9.76. The predicted molar refractivity (Wildman–Crippen MR) is 67.3 cm³/mol. The maximum absolute atomic E-state index is 11.8. The van der Waals surface area contributed by atoms with E-state index in [1.807, 2.05) is 47.2 Å². The molecule has 0 saturated heterocycles. The molecule has 78 valence electrons. The van der Waals surface area contributed by atoms with Gasteiger partial charge < -0.3 is 5.32 Å². The second-order valence-corrected chi connectivity index (χ2v) is 4.39. The molecule has 1 aliphatic heterocycles. The summed E-state index contributed by atoms with van der Waals surface area (Å²) in [6.07, 6.45) is 1.93. The molecule has 0 radical (unpaired) electrons. The zero-order chi connectivity index (χ0) is 11.0. The van der Waals surface area contributed by atoms with Crippen molar-refractivity contribution in [1.82, 2.24) is 0 Å². The maximum atomic E-state index is 11.8. The van der Waals surface area contributed by atoms with Crippen molar-refractivity contribution in [3.63, 3.8) is 0 Å². The summed E-state index contributed by atoms with van der Waals surface area (Å²) in [6.45, 7) is 0. The predicted octanol–water partition coefficient (Wildman–Crippen LogP) is 3.24. The lowest BCUT2D eigenvalue weighted by Gasteiger charge is -1.95. The zero-order valence-corrected chi connectivity index (χ0v) is 9.25. The van der Waals surface area contributed by atoms with Gasteiger partial charge in [-0.15, -0.1) is 0 Å². The Kier molecular flexibility index (Phi) is 2.11. The van der Waals surface area contributed by atoms with Crippen LogP contribution in [0.5, 0.6) is 0 Å². The molecule has 0 spiro atoms. The van der Waals surface area contributed by atoms with Crippen LogP contribution in [0, 0.1) is 0 Å². The van der Waals surface area contributed by atoms with Crippen LogP contribution in [0.15, 0.2) is 41.1 Å². The number of para-hydroxylation sites is 1. The largest absolute Gasteiger partial charge is 0.321 e. The number of carbonyl (C=O) groups excluding carboxylic acids is 1. The number of nitrogens with one attached hydrogen (secondary N) is 1. The normalized spacial score (nSPS) is 16.2. The van der Waals surface area contributed by atoms with Crippen molar-refractivity contribution in [2.24, 2.45) is 0 Å². The molecule has 1 aliphatic rings. The van der Waals surface area contributed by atoms with Crippen LogP contribution in [0.2, 0.25) is 0 Å². The first-order valence-electron chi connectivity index (χ1n) is 4.99. The van der Waals surface area contributed by atoms with E-state index in [-0.39, 0.29) is 5.91 Å². The highest BCUT2D eigenvalue weighted by Gasteiger charge is 2.22. The average molecular weight is 227 g/mol. The summed E-state index contributed by atoms with van der Waals surface area (Å²) < 4.78 is 0. The van der Waals surface area contributed by atoms with E-state index >= 15 is 0 Å². The third-order valence-corrected chi connectivity index (χ3v) is 3.27. The molecule has 0 saturated carbocycles. The first-order chi connectivity index (χ1) is 7.84. The number of fused-ring (bicyclic) bond motifs is 1. The monoisotopic (exact) mass is 227 g/mol. The smallest absolute Gasteiger partial charge is 0.256 e. The molecule has 1 N–H and O–H groups in total. The van der Waals surface area contributed by atoms with Crippen LogP contribution < -0.4 is 5.32 Å². The van der Waals surface area contributed by atoms with E-state index in [1.54, 1.807) is 11.3 Å². The number of rotatable bonds is 1. The Labute approximate surface area is 97.2 Å². The lowest BCUT2D eigenvalue weighted by Crippen LogP contribution is -2.03. The highest BCUT2D eigenvalue weighted by molar-refractivity contribution is 7.08. The van der Waals surface area contributed by atoms with E-state index in [1.165, 1.54) is 0 Å². The molecule has 16 heavy (non-hydrogen) atoms. The van der Waals surface area contributed by atoms with Crippen molar-refractivity contribution in [1.29, 1.82) is 0 Å². The van der Waals surface area contributed by atoms with Gasteiger partial charge in [-0.25, -0.2) is 0 Å². The van der Waals surface area contributed by atoms with Gasteiger partial charge >= 0.3 is 0 Å². The van der Waals surface area contributed by atoms with E-state index in [9.17, 15) is 4.79 Å². The van der Waals surface area contributed by atoms with Gasteiger partial charge in [0.1, 0.15) is 0 Å². The lowest BCUT2D eigenvalue weighted by atomic mass is 10.1. The van der Waals surface area contributed by atoms with E-state index in [4.69, 9.17) is 0 Å². The molecule has 3 heteroatoms. The Morgan fingerprint density at radius 3 is 2.88 bits per heavy atom. The van der Waals surface area contributed by atoms with Crippen molar-refractivity contribution in [3.05, 3.63) is 52.2 Å². The Morgan fingerprint density at radius 1 is 1.19 bits per heavy atom. The van der Waals surface area contributed by atoms with Crippen LogP contribution in [0.3, 0.4) is 0 Å². The fourth-order valence-corrected chi connectivity index (χ4v) is 2.42. The molecule has 1 aromatic carbocycles. The highest BCUT2D eigenvalue weighted by Crippen LogP contribution is 2.32. The van der Waals surface area contributed by atoms with Gasteiger partial charge in [-0.05, 0) is 34.5 Å². The average Bonchev–Trinajstić information content (AvgIpc) is 2.89. The van der Waals surface area contributed by atoms with Crippen molar-refractivity contribution in [2.45, 2.75) is 0 Å². The Morgan fingerprint density at radius 2 is 2.06 bits per heavy atom. The SMILES string of the molecule is O=C1Nc2ccccc2C1=Cc1ccsc1. The Balaban J connectivity index is 2.12. The van der Waals surface area contributed by atoms with Gasteiger partial charge in [0.05, 0.1) is 0 Å². The number of thiophene rings is 1. The second-order valence-electron chi connectivity index (χ2n) is 3.61. The molecule has 2 heterocycles. The first kappa shape index (κ1) is 9.36. The quantitative estimate of drug-likeness (QED) is 0.744. The maximum Gasteiger partial charge on any atom is 0.256 e. The van der Waals surface area contributed by atoms with Gasteiger partial charge in [-0.2, -0.15) is 11.3 Å². The Bertz CT molecular complexity index is 569. The Hall–Kier alpha value is -1.87. The minimum absolute atomic E-state index is 0.0209. The van der Waals surface area contributed by atoms with Crippen molar-refractivity contribution < 1.29 is 4.79 Å². The molecule has 0 atom stereocenters. The number of carbonyl (C=O) groups is 1. The number of benzene rings is 1. The van der Waals surface area contributed by atoms with Gasteiger partial charge in [-0.3, -0.25) is 4.79 Å². The van der Waals surface area contributed by atoms with Crippen LogP contribution in [0.1, 0.15) is 11.1 Å². The zero-order valence-electron chi connectivity index (χ0n) is 8.44. The summed E-state index contributed by atoms with van der Waals surface area (Å²) in [5, 5.41) is 6.89. The van der Waals surface area contributed by atoms with Crippen molar-refractivity contribution in [2.75, 3.05) is 5.32 Å². The van der Waals surface area contributed by atoms with Crippen LogP contribution in [-0.4, -0.2) is 5.91 Å². The number of amides is 1. The molecule has 0 aliphatic carbocycles. The minimum Gasteiger partial charge on any atom is -0.321 e. The van der Waals surface area contributed by atoms with Crippen molar-refractivity contribution in [3.8, 4) is 0 Å². The molecule has 1 aromatic heterocycles. The molecular formula is C13H9NOS. The van der Waals surface area contributed by atoms with Crippen LogP contribution >= 0.6 is 11.3 Å². The lowest BCUT2D eigenvalue weighted by molar-refractivity contribution is -0.110. The third-order valence-electron chi connectivity index (χ3n) is 2.56.